The highest BCUT2D eigenvalue weighted by Gasteiger charge is 2.27. The molecule has 1 unspecified atom stereocenters. The zero-order chi connectivity index (χ0) is 21.1. The number of carbonyl (C=O) groups is 1. The lowest BCUT2D eigenvalue weighted by Gasteiger charge is -2.32. The van der Waals surface area contributed by atoms with Crippen LogP contribution in [0.3, 0.4) is 0 Å². The minimum Gasteiger partial charge on any atom is -0.368 e. The average molecular weight is 410 g/mol. The molecule has 0 saturated carbocycles. The van der Waals surface area contributed by atoms with Gasteiger partial charge < -0.3 is 15.0 Å². The van der Waals surface area contributed by atoms with Crippen LogP contribution in [0.1, 0.15) is 22.3 Å². The molecule has 0 radical (unpaired) electrons. The Hall–Kier alpha value is -3.66. The van der Waals surface area contributed by atoms with Crippen LogP contribution < -0.4 is 10.9 Å². The SMILES string of the molecule is Cn1nc(C(=O)N2CCOC(c3ccc(Nc4ccc(F)cn4)cn3)C2)ccc1=O. The third-order valence-electron chi connectivity index (χ3n) is 4.65. The predicted molar refractivity (Wildman–Crippen MR) is 106 cm³/mol. The largest absolute Gasteiger partial charge is 0.368 e. The lowest BCUT2D eigenvalue weighted by atomic mass is 10.1. The van der Waals surface area contributed by atoms with Crippen molar-refractivity contribution in [2.45, 2.75) is 6.10 Å². The lowest BCUT2D eigenvalue weighted by Crippen LogP contribution is -2.43. The lowest BCUT2D eigenvalue weighted by molar-refractivity contribution is -0.0249. The van der Waals surface area contributed by atoms with Gasteiger partial charge in [-0.2, -0.15) is 5.10 Å². The Morgan fingerprint density at radius 1 is 1.17 bits per heavy atom. The molecule has 10 heteroatoms. The molecule has 0 aliphatic carbocycles. The standard InChI is InChI=1S/C20H19FN6O3/c1-26-19(28)7-5-16(25-26)20(29)27-8-9-30-17(12-27)15-4-3-14(11-22-15)24-18-6-2-13(21)10-23-18/h2-7,10-11,17H,8-9,12H2,1H3,(H,23,24). The summed E-state index contributed by atoms with van der Waals surface area (Å²) < 4.78 is 19.9. The highest BCUT2D eigenvalue weighted by molar-refractivity contribution is 5.92. The number of amides is 1. The summed E-state index contributed by atoms with van der Waals surface area (Å²) in [5.74, 6) is -0.170. The molecule has 1 fully saturated rings. The van der Waals surface area contributed by atoms with E-state index < -0.39 is 5.82 Å². The van der Waals surface area contributed by atoms with Gasteiger partial charge in [0.25, 0.3) is 11.5 Å². The summed E-state index contributed by atoms with van der Waals surface area (Å²) in [5, 5.41) is 7.06. The van der Waals surface area contributed by atoms with Gasteiger partial charge in [0.15, 0.2) is 0 Å². The van der Waals surface area contributed by atoms with Gasteiger partial charge in [-0.05, 0) is 30.3 Å². The van der Waals surface area contributed by atoms with Crippen molar-refractivity contribution >= 4 is 17.4 Å². The number of morpholine rings is 1. The zero-order valence-electron chi connectivity index (χ0n) is 16.2. The molecule has 4 rings (SSSR count). The molecule has 0 spiro atoms. The molecule has 9 nitrogen and oxygen atoms in total. The number of anilines is 2. The van der Waals surface area contributed by atoms with Crippen LogP contribution in [0.25, 0.3) is 0 Å². The van der Waals surface area contributed by atoms with Gasteiger partial charge in [0.2, 0.25) is 0 Å². The molecule has 1 saturated heterocycles. The van der Waals surface area contributed by atoms with Crippen LogP contribution in [0.4, 0.5) is 15.9 Å². The van der Waals surface area contributed by atoms with Crippen LogP contribution >= 0.6 is 0 Å². The normalized spacial score (nSPS) is 16.3. The topological polar surface area (TPSA) is 102 Å². The number of nitrogens with zero attached hydrogens (tertiary/aromatic N) is 5. The maximum Gasteiger partial charge on any atom is 0.274 e. The molecule has 4 heterocycles. The molecule has 3 aromatic heterocycles. The van der Waals surface area contributed by atoms with E-state index in [4.69, 9.17) is 4.74 Å². The fourth-order valence-corrected chi connectivity index (χ4v) is 3.06. The fraction of sp³-hybridized carbons (Fsp3) is 0.250. The molecule has 1 aliphatic rings. The van der Waals surface area contributed by atoms with Crippen LogP contribution in [0, 0.1) is 5.82 Å². The van der Waals surface area contributed by atoms with Gasteiger partial charge in [-0.25, -0.2) is 14.1 Å². The first-order chi connectivity index (χ1) is 14.5. The molecule has 0 aromatic carbocycles. The van der Waals surface area contributed by atoms with E-state index in [2.05, 4.69) is 20.4 Å². The number of nitrogens with one attached hydrogen (secondary N) is 1. The van der Waals surface area contributed by atoms with E-state index in [0.717, 1.165) is 10.9 Å². The maximum absolute atomic E-state index is 13.0. The van der Waals surface area contributed by atoms with Gasteiger partial charge in [0, 0.05) is 19.7 Å². The van der Waals surface area contributed by atoms with Crippen molar-refractivity contribution in [3.05, 3.63) is 76.4 Å². The van der Waals surface area contributed by atoms with Crippen molar-refractivity contribution in [2.75, 3.05) is 25.0 Å². The van der Waals surface area contributed by atoms with Crippen molar-refractivity contribution in [1.29, 1.82) is 0 Å². The van der Waals surface area contributed by atoms with E-state index in [1.54, 1.807) is 17.2 Å². The van der Waals surface area contributed by atoms with Crippen molar-refractivity contribution in [3.8, 4) is 0 Å². The number of hydrogen-bond acceptors (Lipinski definition) is 7. The second-order valence-corrected chi connectivity index (χ2v) is 6.75. The number of aryl methyl sites for hydroxylation is 1. The average Bonchev–Trinajstić information content (AvgIpc) is 2.77. The van der Waals surface area contributed by atoms with E-state index in [1.165, 1.54) is 31.3 Å². The summed E-state index contributed by atoms with van der Waals surface area (Å²) in [6.07, 6.45) is 2.37. The first-order valence-electron chi connectivity index (χ1n) is 9.29. The highest BCUT2D eigenvalue weighted by Crippen LogP contribution is 2.23. The summed E-state index contributed by atoms with van der Waals surface area (Å²) in [6, 6.07) is 9.21. The molecular formula is C20H19FN6O3. The number of carbonyl (C=O) groups excluding carboxylic acids is 1. The summed E-state index contributed by atoms with van der Waals surface area (Å²) in [7, 11) is 1.50. The number of halogens is 1. The smallest absolute Gasteiger partial charge is 0.274 e. The zero-order valence-corrected chi connectivity index (χ0v) is 16.2. The molecule has 1 atom stereocenters. The van der Waals surface area contributed by atoms with E-state index in [9.17, 15) is 14.0 Å². The third kappa shape index (κ3) is 4.33. The molecule has 30 heavy (non-hydrogen) atoms. The van der Waals surface area contributed by atoms with Crippen LogP contribution in [0.2, 0.25) is 0 Å². The number of ether oxygens (including phenoxy) is 1. The van der Waals surface area contributed by atoms with Crippen molar-refractivity contribution in [1.82, 2.24) is 24.6 Å². The van der Waals surface area contributed by atoms with E-state index >= 15 is 0 Å². The first kappa shape index (κ1) is 19.6. The second-order valence-electron chi connectivity index (χ2n) is 6.75. The van der Waals surface area contributed by atoms with Gasteiger partial charge in [-0.15, -0.1) is 0 Å². The molecule has 1 aliphatic heterocycles. The fourth-order valence-electron chi connectivity index (χ4n) is 3.06. The van der Waals surface area contributed by atoms with Crippen LogP contribution in [0.15, 0.2) is 53.6 Å². The van der Waals surface area contributed by atoms with E-state index in [1.807, 2.05) is 6.07 Å². The molecule has 0 bridgehead atoms. The second kappa shape index (κ2) is 8.37. The minimum atomic E-state index is -0.407. The van der Waals surface area contributed by atoms with Gasteiger partial charge in [-0.1, -0.05) is 0 Å². The van der Waals surface area contributed by atoms with Crippen molar-refractivity contribution < 1.29 is 13.9 Å². The quantitative estimate of drug-likeness (QED) is 0.698. The first-order valence-corrected chi connectivity index (χ1v) is 9.29. The van der Waals surface area contributed by atoms with Crippen LogP contribution in [-0.4, -0.2) is 50.3 Å². The van der Waals surface area contributed by atoms with Gasteiger partial charge in [0.05, 0.1) is 36.9 Å². The van der Waals surface area contributed by atoms with Crippen molar-refractivity contribution in [3.63, 3.8) is 0 Å². The molecule has 3 aromatic rings. The molecule has 154 valence electrons. The third-order valence-corrected chi connectivity index (χ3v) is 4.65. The van der Waals surface area contributed by atoms with Crippen molar-refractivity contribution in [2.24, 2.45) is 7.05 Å². The Morgan fingerprint density at radius 3 is 2.73 bits per heavy atom. The van der Waals surface area contributed by atoms with Crippen LogP contribution in [0.5, 0.6) is 0 Å². The monoisotopic (exact) mass is 410 g/mol. The summed E-state index contributed by atoms with van der Waals surface area (Å²) in [6.45, 7) is 1.11. The summed E-state index contributed by atoms with van der Waals surface area (Å²) >= 11 is 0. The van der Waals surface area contributed by atoms with E-state index in [0.29, 0.717) is 36.9 Å². The maximum atomic E-state index is 13.0. The number of pyridine rings is 2. The van der Waals surface area contributed by atoms with E-state index in [-0.39, 0.29) is 23.3 Å². The molecule has 1 N–H and O–H groups in total. The summed E-state index contributed by atoms with van der Waals surface area (Å²) in [5.41, 5.74) is 1.30. The number of rotatable bonds is 4. The van der Waals surface area contributed by atoms with Crippen LogP contribution in [-0.2, 0) is 11.8 Å². The minimum absolute atomic E-state index is 0.206. The number of aromatic nitrogens is 4. The van der Waals surface area contributed by atoms with Gasteiger partial charge in [-0.3, -0.25) is 14.6 Å². The number of hydrogen-bond donors (Lipinski definition) is 1. The van der Waals surface area contributed by atoms with Gasteiger partial charge >= 0.3 is 0 Å². The molecular weight excluding hydrogens is 391 g/mol. The Labute approximate surface area is 171 Å². The Kier molecular flexibility index (Phi) is 5.48. The summed E-state index contributed by atoms with van der Waals surface area (Å²) in [4.78, 5) is 34.2. The Morgan fingerprint density at radius 2 is 2.03 bits per heavy atom. The predicted octanol–water partition coefficient (Wildman–Crippen LogP) is 1.67. The highest BCUT2D eigenvalue weighted by atomic mass is 19.1. The Bertz CT molecular complexity index is 1100. The van der Waals surface area contributed by atoms with Gasteiger partial charge in [0.1, 0.15) is 23.4 Å². The molecule has 1 amide bonds. The Balaban J connectivity index is 1.43.